The molecule has 2 heterocycles. The van der Waals surface area contributed by atoms with Crippen LogP contribution < -0.4 is 18.9 Å². The van der Waals surface area contributed by atoms with Crippen LogP contribution in [0.15, 0.2) is 30.3 Å². The van der Waals surface area contributed by atoms with E-state index in [4.69, 9.17) is 30.5 Å². The van der Waals surface area contributed by atoms with E-state index in [0.29, 0.717) is 29.4 Å². The van der Waals surface area contributed by atoms with Gasteiger partial charge in [0.25, 0.3) is 0 Å². The molecule has 2 aliphatic heterocycles. The number of piperidine rings is 1. The molecule has 0 aromatic heterocycles. The molecule has 8 heteroatoms. The van der Waals surface area contributed by atoms with Crippen molar-refractivity contribution in [2.45, 2.75) is 37.9 Å². The van der Waals surface area contributed by atoms with Gasteiger partial charge in [-0.2, -0.15) is 0 Å². The monoisotopic (exact) mass is 475 g/mol. The molecule has 0 bridgehead atoms. The lowest BCUT2D eigenvalue weighted by atomic mass is 9.87. The minimum Gasteiger partial charge on any atom is -0.493 e. The average Bonchev–Trinajstić information content (AvgIpc) is 3.15. The zero-order chi connectivity index (χ0) is 23.6. The minimum atomic E-state index is -0.701. The average molecular weight is 476 g/mol. The molecule has 0 unspecified atom stereocenters. The number of likely N-dealkylation sites (tertiary alicyclic amines) is 1. The van der Waals surface area contributed by atoms with Crippen LogP contribution >= 0.6 is 11.6 Å². The van der Waals surface area contributed by atoms with Gasteiger partial charge in [-0.1, -0.05) is 11.6 Å². The van der Waals surface area contributed by atoms with Gasteiger partial charge in [0.15, 0.2) is 17.3 Å². The number of hydrogen-bond acceptors (Lipinski definition) is 7. The fourth-order valence-corrected chi connectivity index (χ4v) is 4.81. The third kappa shape index (κ3) is 5.21. The molecule has 2 aromatic carbocycles. The predicted octanol–water partition coefficient (Wildman–Crippen LogP) is 3.77. The molecule has 0 aliphatic carbocycles. The number of hydrogen-bond donors (Lipinski definition) is 1. The number of aliphatic hydroxyl groups excluding tert-OH is 1. The van der Waals surface area contributed by atoms with Crippen molar-refractivity contribution in [3.63, 3.8) is 0 Å². The van der Waals surface area contributed by atoms with Crippen molar-refractivity contribution in [3.05, 3.63) is 46.5 Å². The summed E-state index contributed by atoms with van der Waals surface area (Å²) in [5.41, 5.74) is 1.37. The number of Topliss-reactive ketones (excluding diaryl/α,β-unsaturated/α-hetero) is 1. The second-order valence-corrected chi connectivity index (χ2v) is 9.18. The van der Waals surface area contributed by atoms with Crippen molar-refractivity contribution in [2.75, 3.05) is 40.5 Å². The second-order valence-electron chi connectivity index (χ2n) is 8.74. The van der Waals surface area contributed by atoms with Gasteiger partial charge >= 0.3 is 0 Å². The summed E-state index contributed by atoms with van der Waals surface area (Å²) in [6.07, 6.45) is 1.94. The molecule has 1 N–H and O–H groups in total. The first-order valence-corrected chi connectivity index (χ1v) is 11.5. The van der Waals surface area contributed by atoms with Crippen LogP contribution in [0.2, 0.25) is 5.02 Å². The Hall–Kier alpha value is -2.48. The van der Waals surface area contributed by atoms with E-state index in [1.54, 1.807) is 12.1 Å². The molecule has 33 heavy (non-hydrogen) atoms. The van der Waals surface area contributed by atoms with Crippen LogP contribution in [0.1, 0.15) is 35.7 Å². The molecule has 2 aromatic rings. The number of ketones is 1. The molecular weight excluding hydrogens is 446 g/mol. The normalized spacial score (nSPS) is 17.8. The van der Waals surface area contributed by atoms with Gasteiger partial charge in [0.2, 0.25) is 0 Å². The zero-order valence-corrected chi connectivity index (χ0v) is 20.0. The molecule has 1 fully saturated rings. The highest BCUT2D eigenvalue weighted by Crippen LogP contribution is 2.42. The molecule has 4 rings (SSSR count). The molecular formula is C25H30ClNO6. The Labute approximate surface area is 199 Å². The van der Waals surface area contributed by atoms with Crippen molar-refractivity contribution in [1.29, 1.82) is 0 Å². The van der Waals surface area contributed by atoms with E-state index in [2.05, 4.69) is 4.90 Å². The van der Waals surface area contributed by atoms with Crippen molar-refractivity contribution in [2.24, 2.45) is 0 Å². The highest BCUT2D eigenvalue weighted by Gasteiger charge is 2.42. The predicted molar refractivity (Wildman–Crippen MR) is 125 cm³/mol. The smallest absolute Gasteiger partial charge is 0.164 e. The van der Waals surface area contributed by atoms with E-state index in [1.807, 2.05) is 18.2 Å². The largest absolute Gasteiger partial charge is 0.493 e. The van der Waals surface area contributed by atoms with Crippen LogP contribution in [0.3, 0.4) is 0 Å². The molecule has 1 atom stereocenters. The maximum Gasteiger partial charge on any atom is 0.164 e. The first-order chi connectivity index (χ1) is 15.8. The number of carbonyl (C=O) groups excluding carboxylic acids is 1. The van der Waals surface area contributed by atoms with Crippen molar-refractivity contribution in [3.8, 4) is 23.0 Å². The molecule has 1 saturated heterocycles. The van der Waals surface area contributed by atoms with Gasteiger partial charge in [-0.3, -0.25) is 4.79 Å². The van der Waals surface area contributed by atoms with Crippen LogP contribution in [0.5, 0.6) is 23.0 Å². The van der Waals surface area contributed by atoms with Crippen LogP contribution in [-0.2, 0) is 6.42 Å². The number of β-amino-alcohol motifs (C(OH)–C–C–N with tert-alkyl or cyclic N) is 1. The Morgan fingerprint density at radius 3 is 2.52 bits per heavy atom. The maximum absolute atomic E-state index is 12.1. The highest BCUT2D eigenvalue weighted by molar-refractivity contribution is 6.30. The highest BCUT2D eigenvalue weighted by atomic mass is 35.5. The number of halogens is 1. The fraction of sp³-hybridized carbons (Fsp3) is 0.480. The summed E-state index contributed by atoms with van der Waals surface area (Å²) in [6.45, 7) is 3.67. The van der Waals surface area contributed by atoms with Gasteiger partial charge < -0.3 is 29.0 Å². The Bertz CT molecular complexity index is 1020. The molecule has 0 saturated carbocycles. The third-order valence-electron chi connectivity index (χ3n) is 6.39. The first-order valence-electron chi connectivity index (χ1n) is 11.1. The lowest BCUT2D eigenvalue weighted by Crippen LogP contribution is -2.49. The number of ether oxygens (including phenoxy) is 4. The number of carbonyl (C=O) groups is 1. The maximum atomic E-state index is 12.1. The number of methoxy groups -OCH3 is 2. The Morgan fingerprint density at radius 2 is 1.85 bits per heavy atom. The second kappa shape index (κ2) is 9.79. The SMILES string of the molecule is COc1cc(OC[C@H](O)CN2CCC3(CC2)Cc2cc(Cl)ccc2O3)c(C(C)=O)cc1OC. The number of aliphatic hydroxyl groups is 1. The zero-order valence-electron chi connectivity index (χ0n) is 19.2. The number of benzene rings is 2. The Morgan fingerprint density at radius 1 is 1.15 bits per heavy atom. The van der Waals surface area contributed by atoms with Crippen molar-refractivity contribution in [1.82, 2.24) is 4.90 Å². The van der Waals surface area contributed by atoms with E-state index < -0.39 is 6.10 Å². The van der Waals surface area contributed by atoms with E-state index >= 15 is 0 Å². The van der Waals surface area contributed by atoms with Gasteiger partial charge in [0.1, 0.15) is 29.8 Å². The minimum absolute atomic E-state index is 0.0673. The number of rotatable bonds is 8. The molecule has 0 amide bonds. The van der Waals surface area contributed by atoms with Crippen LogP contribution in [0.25, 0.3) is 0 Å². The topological polar surface area (TPSA) is 77.5 Å². The summed E-state index contributed by atoms with van der Waals surface area (Å²) >= 11 is 6.13. The number of fused-ring (bicyclic) bond motifs is 1. The lowest BCUT2D eigenvalue weighted by molar-refractivity contribution is -0.00200. The summed E-state index contributed by atoms with van der Waals surface area (Å²) < 4.78 is 22.7. The quantitative estimate of drug-likeness (QED) is 0.582. The Balaban J connectivity index is 1.31. The van der Waals surface area contributed by atoms with Crippen molar-refractivity contribution < 1.29 is 28.8 Å². The molecule has 2 aliphatic rings. The Kier molecular flexibility index (Phi) is 7.02. The standard InChI is InChI=1S/C25H30ClNO6/c1-16(28)20-11-23(30-2)24(31-3)12-22(20)32-15-19(29)14-27-8-6-25(7-9-27)13-17-10-18(26)4-5-21(17)33-25/h4-5,10-12,19,29H,6-9,13-15H2,1-3H3/t19-/m1/s1. The van der Waals surface area contributed by atoms with Gasteiger partial charge in [-0.05, 0) is 36.8 Å². The summed E-state index contributed by atoms with van der Waals surface area (Å²) in [4.78, 5) is 14.3. The summed E-state index contributed by atoms with van der Waals surface area (Å²) in [6, 6.07) is 9.01. The molecule has 7 nitrogen and oxygen atoms in total. The van der Waals surface area contributed by atoms with Crippen LogP contribution in [0.4, 0.5) is 0 Å². The van der Waals surface area contributed by atoms with E-state index in [1.165, 1.54) is 26.7 Å². The molecule has 0 radical (unpaired) electrons. The lowest BCUT2D eigenvalue weighted by Gasteiger charge is -2.39. The first kappa shape index (κ1) is 23.7. The third-order valence-corrected chi connectivity index (χ3v) is 6.63. The summed E-state index contributed by atoms with van der Waals surface area (Å²) in [7, 11) is 3.04. The summed E-state index contributed by atoms with van der Waals surface area (Å²) in [5.74, 6) is 2.06. The molecule has 1 spiro atoms. The van der Waals surface area contributed by atoms with Gasteiger partial charge in [-0.25, -0.2) is 0 Å². The number of nitrogens with zero attached hydrogens (tertiary/aromatic N) is 1. The van der Waals surface area contributed by atoms with Crippen molar-refractivity contribution >= 4 is 17.4 Å². The van der Waals surface area contributed by atoms with Gasteiger partial charge in [0, 0.05) is 50.0 Å². The van der Waals surface area contributed by atoms with Crippen LogP contribution in [-0.4, -0.2) is 68.0 Å². The van der Waals surface area contributed by atoms with E-state index in [-0.39, 0.29) is 18.0 Å². The molecule has 178 valence electrons. The van der Waals surface area contributed by atoms with Gasteiger partial charge in [0.05, 0.1) is 19.8 Å². The summed E-state index contributed by atoms with van der Waals surface area (Å²) in [5, 5.41) is 11.3. The van der Waals surface area contributed by atoms with Crippen LogP contribution in [0, 0.1) is 0 Å². The van der Waals surface area contributed by atoms with Gasteiger partial charge in [-0.15, -0.1) is 0 Å². The fourth-order valence-electron chi connectivity index (χ4n) is 4.62. The van der Waals surface area contributed by atoms with E-state index in [9.17, 15) is 9.90 Å². The van der Waals surface area contributed by atoms with E-state index in [0.717, 1.165) is 43.1 Å².